The van der Waals surface area contributed by atoms with Crippen LogP contribution in [0.3, 0.4) is 0 Å². The van der Waals surface area contributed by atoms with Crippen LogP contribution in [0.25, 0.3) is 22.0 Å². The van der Waals surface area contributed by atoms with E-state index in [0.29, 0.717) is 10.9 Å². The lowest BCUT2D eigenvalue weighted by atomic mass is 9.97. The SMILES string of the molecule is CCOC(=O)c1cnc(-c2cc(OC(=O)C(C)(C)C)cc3ccccc23)c(F)c1N. The Balaban J connectivity index is 2.17. The molecule has 0 aliphatic rings. The average Bonchev–Trinajstić information content (AvgIpc) is 2.69. The lowest BCUT2D eigenvalue weighted by Crippen LogP contribution is -2.25. The molecular weight excluding hydrogens is 387 g/mol. The van der Waals surface area contributed by atoms with E-state index in [1.807, 2.05) is 12.1 Å². The third kappa shape index (κ3) is 4.10. The zero-order valence-corrected chi connectivity index (χ0v) is 17.3. The molecule has 0 radical (unpaired) electrons. The maximum atomic E-state index is 15.2. The number of rotatable bonds is 4. The van der Waals surface area contributed by atoms with Gasteiger partial charge in [-0.3, -0.25) is 9.78 Å². The fourth-order valence-corrected chi connectivity index (χ4v) is 2.86. The molecule has 6 nitrogen and oxygen atoms in total. The number of nitrogens with two attached hydrogens (primary N) is 1. The van der Waals surface area contributed by atoms with Crippen LogP contribution in [0.1, 0.15) is 38.1 Å². The van der Waals surface area contributed by atoms with E-state index < -0.39 is 23.2 Å². The second kappa shape index (κ2) is 8.10. The largest absolute Gasteiger partial charge is 0.462 e. The van der Waals surface area contributed by atoms with Crippen molar-refractivity contribution in [1.82, 2.24) is 4.98 Å². The Bertz CT molecular complexity index is 1140. The summed E-state index contributed by atoms with van der Waals surface area (Å²) in [4.78, 5) is 28.5. The predicted octanol–water partition coefficient (Wildman–Crippen LogP) is 4.75. The molecule has 0 aliphatic heterocycles. The van der Waals surface area contributed by atoms with E-state index in [1.165, 1.54) is 6.20 Å². The normalized spacial score (nSPS) is 11.4. The maximum Gasteiger partial charge on any atom is 0.341 e. The summed E-state index contributed by atoms with van der Waals surface area (Å²) in [6, 6.07) is 10.5. The van der Waals surface area contributed by atoms with Crippen LogP contribution in [-0.4, -0.2) is 23.5 Å². The molecule has 0 bridgehead atoms. The van der Waals surface area contributed by atoms with Gasteiger partial charge in [-0.05, 0) is 50.6 Å². The number of carbonyl (C=O) groups excluding carboxylic acids is 2. The number of pyridine rings is 1. The second-order valence-corrected chi connectivity index (χ2v) is 7.80. The van der Waals surface area contributed by atoms with Gasteiger partial charge in [-0.2, -0.15) is 0 Å². The first kappa shape index (κ1) is 21.2. The quantitative estimate of drug-likeness (QED) is 0.493. The summed E-state index contributed by atoms with van der Waals surface area (Å²) in [5, 5.41) is 1.43. The number of hydrogen-bond donors (Lipinski definition) is 1. The lowest BCUT2D eigenvalue weighted by molar-refractivity contribution is -0.142. The summed E-state index contributed by atoms with van der Waals surface area (Å²) in [7, 11) is 0. The van der Waals surface area contributed by atoms with Crippen molar-refractivity contribution in [3.05, 3.63) is 54.0 Å². The number of aromatic nitrogens is 1. The number of benzene rings is 2. The molecule has 3 rings (SSSR count). The molecule has 30 heavy (non-hydrogen) atoms. The molecule has 0 aliphatic carbocycles. The average molecular weight is 410 g/mol. The van der Waals surface area contributed by atoms with Gasteiger partial charge in [0.1, 0.15) is 17.0 Å². The molecule has 156 valence electrons. The van der Waals surface area contributed by atoms with Crippen molar-refractivity contribution in [2.75, 3.05) is 12.3 Å². The highest BCUT2D eigenvalue weighted by atomic mass is 19.1. The summed E-state index contributed by atoms with van der Waals surface area (Å²) >= 11 is 0. The first-order valence-electron chi connectivity index (χ1n) is 9.50. The Hall–Kier alpha value is -3.48. The van der Waals surface area contributed by atoms with E-state index in [0.717, 1.165) is 5.39 Å². The van der Waals surface area contributed by atoms with Crippen molar-refractivity contribution < 1.29 is 23.5 Å². The van der Waals surface area contributed by atoms with Crippen molar-refractivity contribution in [3.8, 4) is 17.0 Å². The zero-order valence-electron chi connectivity index (χ0n) is 17.3. The smallest absolute Gasteiger partial charge is 0.341 e. The number of halogens is 1. The molecule has 0 fully saturated rings. The van der Waals surface area contributed by atoms with Gasteiger partial charge in [0.2, 0.25) is 0 Å². The van der Waals surface area contributed by atoms with E-state index in [4.69, 9.17) is 15.2 Å². The van der Waals surface area contributed by atoms with Gasteiger partial charge in [0.05, 0.1) is 17.7 Å². The van der Waals surface area contributed by atoms with Crippen molar-refractivity contribution in [2.24, 2.45) is 5.41 Å². The highest BCUT2D eigenvalue weighted by Crippen LogP contribution is 2.36. The minimum Gasteiger partial charge on any atom is -0.462 e. The van der Waals surface area contributed by atoms with E-state index in [2.05, 4.69) is 4.98 Å². The third-order valence-corrected chi connectivity index (χ3v) is 4.47. The second-order valence-electron chi connectivity index (χ2n) is 7.80. The molecule has 0 saturated heterocycles. The van der Waals surface area contributed by atoms with Gasteiger partial charge in [-0.1, -0.05) is 24.3 Å². The van der Waals surface area contributed by atoms with E-state index in [1.54, 1.807) is 52.0 Å². The van der Waals surface area contributed by atoms with Crippen LogP contribution >= 0.6 is 0 Å². The van der Waals surface area contributed by atoms with Crippen LogP contribution in [0.15, 0.2) is 42.6 Å². The lowest BCUT2D eigenvalue weighted by Gasteiger charge is -2.18. The van der Waals surface area contributed by atoms with Crippen LogP contribution in [-0.2, 0) is 9.53 Å². The maximum absolute atomic E-state index is 15.2. The van der Waals surface area contributed by atoms with E-state index in [-0.39, 0.29) is 29.3 Å². The fraction of sp³-hybridized carbons (Fsp3) is 0.261. The molecule has 0 spiro atoms. The molecule has 2 N–H and O–H groups in total. The van der Waals surface area contributed by atoms with Crippen LogP contribution in [0.5, 0.6) is 5.75 Å². The third-order valence-electron chi connectivity index (χ3n) is 4.47. The van der Waals surface area contributed by atoms with Gasteiger partial charge < -0.3 is 15.2 Å². The first-order valence-corrected chi connectivity index (χ1v) is 9.50. The monoisotopic (exact) mass is 410 g/mol. The van der Waals surface area contributed by atoms with Crippen LogP contribution < -0.4 is 10.5 Å². The number of hydrogen-bond acceptors (Lipinski definition) is 6. The standard InChI is InChI=1S/C23H23FN2O4/c1-5-29-21(27)17-12-26-20(18(24)19(17)25)16-11-14(30-22(28)23(2,3)4)10-13-8-6-7-9-15(13)16/h6-12H,5H2,1-4H3,(H2,25,26). The molecule has 1 aromatic heterocycles. The van der Waals surface area contributed by atoms with Gasteiger partial charge in [0.25, 0.3) is 0 Å². The first-order chi connectivity index (χ1) is 14.1. The van der Waals surface area contributed by atoms with Gasteiger partial charge >= 0.3 is 11.9 Å². The Morgan fingerprint density at radius 2 is 1.87 bits per heavy atom. The van der Waals surface area contributed by atoms with Crippen LogP contribution in [0, 0.1) is 11.2 Å². The summed E-state index contributed by atoms with van der Waals surface area (Å²) in [5.41, 5.74) is 5.02. The Morgan fingerprint density at radius 3 is 2.53 bits per heavy atom. The fourth-order valence-electron chi connectivity index (χ4n) is 2.86. The molecule has 0 amide bonds. The summed E-state index contributed by atoms with van der Waals surface area (Å²) in [5.74, 6) is -1.75. The molecule has 0 saturated carbocycles. The Morgan fingerprint density at radius 1 is 1.17 bits per heavy atom. The van der Waals surface area contributed by atoms with Crippen molar-refractivity contribution in [3.63, 3.8) is 0 Å². The van der Waals surface area contributed by atoms with Gasteiger partial charge in [0, 0.05) is 11.8 Å². The van der Waals surface area contributed by atoms with E-state index >= 15 is 4.39 Å². The minimum atomic E-state index is -0.843. The van der Waals surface area contributed by atoms with Crippen molar-refractivity contribution in [2.45, 2.75) is 27.7 Å². The molecule has 3 aromatic rings. The highest BCUT2D eigenvalue weighted by molar-refractivity contribution is 6.00. The number of fused-ring (bicyclic) bond motifs is 1. The number of ether oxygens (including phenoxy) is 2. The predicted molar refractivity (Wildman–Crippen MR) is 113 cm³/mol. The number of anilines is 1. The van der Waals surface area contributed by atoms with Crippen molar-refractivity contribution in [1.29, 1.82) is 0 Å². The van der Waals surface area contributed by atoms with Crippen molar-refractivity contribution >= 4 is 28.4 Å². The molecule has 1 heterocycles. The Labute approximate surface area is 173 Å². The number of esters is 2. The molecular formula is C23H23FN2O4. The zero-order chi connectivity index (χ0) is 22.1. The topological polar surface area (TPSA) is 91.5 Å². The van der Waals surface area contributed by atoms with Crippen LogP contribution in [0.2, 0.25) is 0 Å². The molecule has 7 heteroatoms. The van der Waals surface area contributed by atoms with Gasteiger partial charge in [-0.25, -0.2) is 9.18 Å². The molecule has 0 atom stereocenters. The van der Waals surface area contributed by atoms with Crippen LogP contribution in [0.4, 0.5) is 10.1 Å². The van der Waals surface area contributed by atoms with E-state index in [9.17, 15) is 9.59 Å². The molecule has 0 unspecified atom stereocenters. The number of nitrogen functional groups attached to an aromatic ring is 1. The number of nitrogens with zero attached hydrogens (tertiary/aromatic N) is 1. The van der Waals surface area contributed by atoms with Gasteiger partial charge in [0.15, 0.2) is 5.82 Å². The highest BCUT2D eigenvalue weighted by Gasteiger charge is 2.25. The van der Waals surface area contributed by atoms with Gasteiger partial charge in [-0.15, -0.1) is 0 Å². The summed E-state index contributed by atoms with van der Waals surface area (Å²) in [6.45, 7) is 7.00. The Kier molecular flexibility index (Phi) is 5.73. The minimum absolute atomic E-state index is 0.0505. The molecule has 2 aromatic carbocycles. The summed E-state index contributed by atoms with van der Waals surface area (Å²) in [6.07, 6.45) is 1.19. The number of carbonyl (C=O) groups is 2. The summed E-state index contributed by atoms with van der Waals surface area (Å²) < 4.78 is 25.6.